The van der Waals surface area contributed by atoms with Gasteiger partial charge in [-0.1, -0.05) is 24.3 Å². The van der Waals surface area contributed by atoms with Crippen LogP contribution >= 0.6 is 0 Å². The number of Topliss-reactive ketones (excluding diaryl/α,β-unsaturated/α-hetero) is 1. The number of carbonyl (C=O) groups is 1. The number of benzene rings is 2. The summed E-state index contributed by atoms with van der Waals surface area (Å²) in [6.07, 6.45) is -2.93. The first kappa shape index (κ1) is 18.7. The van der Waals surface area contributed by atoms with E-state index in [9.17, 15) is 18.0 Å². The Morgan fingerprint density at radius 1 is 1.18 bits per heavy atom. The van der Waals surface area contributed by atoms with Crippen LogP contribution in [-0.2, 0) is 12.7 Å². The third kappa shape index (κ3) is 3.94. The van der Waals surface area contributed by atoms with Gasteiger partial charge in [-0.2, -0.15) is 13.2 Å². The minimum Gasteiger partial charge on any atom is -0.341 e. The predicted molar refractivity (Wildman–Crippen MR) is 99.9 cm³/mol. The van der Waals surface area contributed by atoms with Crippen LogP contribution in [0.4, 0.5) is 13.2 Å². The van der Waals surface area contributed by atoms with Gasteiger partial charge >= 0.3 is 6.18 Å². The zero-order chi connectivity index (χ0) is 19.7. The Balaban J connectivity index is 1.46. The van der Waals surface area contributed by atoms with Gasteiger partial charge in [-0.25, -0.2) is 4.98 Å². The molecular weight excluding hydrogens is 367 g/mol. The Kier molecular flexibility index (Phi) is 4.93. The first-order chi connectivity index (χ1) is 13.4. The van der Waals surface area contributed by atoms with E-state index in [0.717, 1.165) is 42.0 Å². The molecule has 1 aliphatic heterocycles. The summed E-state index contributed by atoms with van der Waals surface area (Å²) in [5.74, 6) is 0.301. The molecule has 2 heterocycles. The molecule has 1 N–H and O–H groups in total. The molecule has 2 aromatic carbocycles. The van der Waals surface area contributed by atoms with Crippen molar-refractivity contribution in [3.8, 4) is 0 Å². The van der Waals surface area contributed by atoms with Crippen molar-refractivity contribution in [1.82, 2.24) is 14.9 Å². The van der Waals surface area contributed by atoms with Crippen molar-refractivity contribution in [1.29, 1.82) is 0 Å². The maximum atomic E-state index is 12.9. The molecule has 1 saturated heterocycles. The number of fused-ring (bicyclic) bond motifs is 1. The fourth-order valence-electron chi connectivity index (χ4n) is 3.79. The van der Waals surface area contributed by atoms with Crippen molar-refractivity contribution in [2.45, 2.75) is 25.6 Å². The number of nitrogens with zero attached hydrogens (tertiary/aromatic N) is 2. The molecule has 7 heteroatoms. The van der Waals surface area contributed by atoms with Crippen molar-refractivity contribution in [2.75, 3.05) is 13.1 Å². The Labute approximate surface area is 160 Å². The van der Waals surface area contributed by atoms with Gasteiger partial charge in [0.2, 0.25) is 0 Å². The van der Waals surface area contributed by atoms with Crippen molar-refractivity contribution in [3.05, 3.63) is 65.5 Å². The summed E-state index contributed by atoms with van der Waals surface area (Å²) in [4.78, 5) is 22.8. The molecule has 1 aliphatic rings. The van der Waals surface area contributed by atoms with E-state index in [1.807, 2.05) is 24.3 Å². The quantitative estimate of drug-likeness (QED) is 0.662. The van der Waals surface area contributed by atoms with Crippen LogP contribution in [0.5, 0.6) is 0 Å². The second-order valence-electron chi connectivity index (χ2n) is 7.22. The maximum absolute atomic E-state index is 12.9. The van der Waals surface area contributed by atoms with Crippen LogP contribution in [0.1, 0.15) is 34.6 Å². The minimum absolute atomic E-state index is 0.130. The first-order valence-corrected chi connectivity index (χ1v) is 9.27. The van der Waals surface area contributed by atoms with Gasteiger partial charge in [-0.05, 0) is 43.7 Å². The molecule has 0 saturated carbocycles. The number of likely N-dealkylation sites (tertiary alicyclic amines) is 1. The lowest BCUT2D eigenvalue weighted by Gasteiger charge is -2.31. The van der Waals surface area contributed by atoms with Gasteiger partial charge in [0, 0.05) is 18.0 Å². The highest BCUT2D eigenvalue weighted by molar-refractivity contribution is 5.98. The Bertz CT molecular complexity index is 963. The van der Waals surface area contributed by atoms with E-state index in [4.69, 9.17) is 0 Å². The summed E-state index contributed by atoms with van der Waals surface area (Å²) in [6.45, 7) is 1.94. The summed E-state index contributed by atoms with van der Waals surface area (Å²) >= 11 is 0. The molecule has 146 valence electrons. The van der Waals surface area contributed by atoms with E-state index in [1.54, 1.807) is 0 Å². The van der Waals surface area contributed by atoms with E-state index in [2.05, 4.69) is 14.9 Å². The van der Waals surface area contributed by atoms with E-state index in [-0.39, 0.29) is 17.3 Å². The Morgan fingerprint density at radius 3 is 2.79 bits per heavy atom. The predicted octanol–water partition coefficient (Wildman–Crippen LogP) is 4.68. The second kappa shape index (κ2) is 7.39. The largest absolute Gasteiger partial charge is 0.416 e. The van der Waals surface area contributed by atoms with E-state index in [1.165, 1.54) is 12.1 Å². The molecule has 1 fully saturated rings. The average Bonchev–Trinajstić information content (AvgIpc) is 3.09. The summed E-state index contributed by atoms with van der Waals surface area (Å²) in [5, 5.41) is 0. The number of nitrogens with one attached hydrogen (secondary N) is 1. The molecule has 1 atom stereocenters. The van der Waals surface area contributed by atoms with Gasteiger partial charge < -0.3 is 4.98 Å². The number of aromatic nitrogens is 2. The van der Waals surface area contributed by atoms with Crippen molar-refractivity contribution >= 4 is 16.8 Å². The number of para-hydroxylation sites is 2. The lowest BCUT2D eigenvalue weighted by molar-refractivity contribution is -0.137. The molecule has 28 heavy (non-hydrogen) atoms. The van der Waals surface area contributed by atoms with Gasteiger partial charge in [-0.3, -0.25) is 9.69 Å². The number of hydrogen-bond acceptors (Lipinski definition) is 3. The number of aromatic amines is 1. The van der Waals surface area contributed by atoms with Gasteiger partial charge in [0.1, 0.15) is 5.82 Å². The zero-order valence-electron chi connectivity index (χ0n) is 15.2. The molecule has 0 unspecified atom stereocenters. The van der Waals surface area contributed by atoms with Crippen LogP contribution in [0.2, 0.25) is 0 Å². The molecule has 3 aromatic rings. The molecule has 4 rings (SSSR count). The Morgan fingerprint density at radius 2 is 2.00 bits per heavy atom. The van der Waals surface area contributed by atoms with Gasteiger partial charge in [0.15, 0.2) is 5.78 Å². The van der Waals surface area contributed by atoms with E-state index >= 15 is 0 Å². The van der Waals surface area contributed by atoms with Crippen LogP contribution < -0.4 is 0 Å². The maximum Gasteiger partial charge on any atom is 0.416 e. The molecule has 0 bridgehead atoms. The highest BCUT2D eigenvalue weighted by Gasteiger charge is 2.32. The Hall–Kier alpha value is -2.67. The number of halogens is 3. The zero-order valence-corrected chi connectivity index (χ0v) is 15.2. The lowest BCUT2D eigenvalue weighted by Crippen LogP contribution is -2.38. The second-order valence-corrected chi connectivity index (χ2v) is 7.22. The third-order valence-electron chi connectivity index (χ3n) is 5.16. The number of carbonyl (C=O) groups excluding carboxylic acids is 1. The number of imidazole rings is 1. The van der Waals surface area contributed by atoms with Crippen LogP contribution in [-0.4, -0.2) is 33.7 Å². The van der Waals surface area contributed by atoms with Crippen LogP contribution in [0.15, 0.2) is 48.5 Å². The van der Waals surface area contributed by atoms with Gasteiger partial charge in [0.05, 0.1) is 23.1 Å². The van der Waals surface area contributed by atoms with E-state index in [0.29, 0.717) is 19.5 Å². The molecule has 0 spiro atoms. The van der Waals surface area contributed by atoms with Crippen molar-refractivity contribution < 1.29 is 18.0 Å². The molecule has 4 nitrogen and oxygen atoms in total. The van der Waals surface area contributed by atoms with Gasteiger partial charge in [-0.15, -0.1) is 0 Å². The smallest absolute Gasteiger partial charge is 0.341 e. The molecule has 0 radical (unpaired) electrons. The molecular formula is C21H20F3N3O. The van der Waals surface area contributed by atoms with Crippen LogP contribution in [0, 0.1) is 5.92 Å². The first-order valence-electron chi connectivity index (χ1n) is 9.27. The van der Waals surface area contributed by atoms with Gasteiger partial charge in [0.25, 0.3) is 0 Å². The summed E-state index contributed by atoms with van der Waals surface area (Å²) < 4.78 is 38.8. The highest BCUT2D eigenvalue weighted by atomic mass is 19.4. The molecule has 1 aromatic heterocycles. The number of rotatable bonds is 4. The topological polar surface area (TPSA) is 49.0 Å². The summed E-state index contributed by atoms with van der Waals surface area (Å²) in [6, 6.07) is 12.5. The average molecular weight is 387 g/mol. The van der Waals surface area contributed by atoms with Crippen molar-refractivity contribution in [2.24, 2.45) is 5.92 Å². The number of piperidine rings is 1. The fourth-order valence-corrected chi connectivity index (χ4v) is 3.79. The summed E-state index contributed by atoms with van der Waals surface area (Å²) in [7, 11) is 0. The number of alkyl halides is 3. The minimum atomic E-state index is -4.45. The number of hydrogen-bond donors (Lipinski definition) is 1. The lowest BCUT2D eigenvalue weighted by atomic mass is 9.89. The third-order valence-corrected chi connectivity index (χ3v) is 5.16. The monoisotopic (exact) mass is 387 g/mol. The van der Waals surface area contributed by atoms with Crippen LogP contribution in [0.25, 0.3) is 11.0 Å². The van der Waals surface area contributed by atoms with Crippen LogP contribution in [0.3, 0.4) is 0 Å². The highest BCUT2D eigenvalue weighted by Crippen LogP contribution is 2.31. The van der Waals surface area contributed by atoms with E-state index < -0.39 is 11.7 Å². The SMILES string of the molecule is O=C(c1cccc(C(F)(F)F)c1)[C@@H]1CCCN(Cc2nc3ccccc3[nH]2)C1. The number of ketones is 1. The summed E-state index contributed by atoms with van der Waals surface area (Å²) in [5.41, 5.74) is 1.20. The normalized spacial score (nSPS) is 18.5. The standard InChI is InChI=1S/C21H20F3N3O/c22-21(23,24)16-7-3-5-14(11-16)20(28)15-6-4-10-27(12-15)13-19-25-17-8-1-2-9-18(17)26-19/h1-3,5,7-9,11,15H,4,6,10,12-13H2,(H,25,26)/t15-/m1/s1. The number of H-pyrrole nitrogens is 1. The molecule has 0 amide bonds. The fraction of sp³-hybridized carbons (Fsp3) is 0.333. The van der Waals surface area contributed by atoms with Crippen molar-refractivity contribution in [3.63, 3.8) is 0 Å². The molecule has 0 aliphatic carbocycles.